The van der Waals surface area contributed by atoms with Gasteiger partial charge in [0.15, 0.2) is 0 Å². The van der Waals surface area contributed by atoms with Crippen LogP contribution in [-0.2, 0) is 4.74 Å². The first-order valence-corrected chi connectivity index (χ1v) is 9.03. The van der Waals surface area contributed by atoms with Gasteiger partial charge in [-0.25, -0.2) is 4.68 Å². The lowest BCUT2D eigenvalue weighted by Gasteiger charge is -2.35. The minimum absolute atomic E-state index is 0.0129. The van der Waals surface area contributed by atoms with Gasteiger partial charge in [-0.2, -0.15) is 5.10 Å². The minimum Gasteiger partial charge on any atom is -0.372 e. The number of aromatic nitrogens is 2. The van der Waals surface area contributed by atoms with Gasteiger partial charge in [0.25, 0.3) is 5.91 Å². The molecule has 0 unspecified atom stereocenters. The molecule has 1 saturated heterocycles. The number of carbonyl (C=O) groups excluding carboxylic acids is 1. The van der Waals surface area contributed by atoms with E-state index in [-0.39, 0.29) is 24.0 Å². The van der Waals surface area contributed by atoms with Crippen LogP contribution in [0, 0.1) is 0 Å². The van der Waals surface area contributed by atoms with Crippen LogP contribution < -0.4 is 0 Å². The number of benzene rings is 1. The van der Waals surface area contributed by atoms with Crippen LogP contribution in [0.15, 0.2) is 30.5 Å². The molecule has 25 heavy (non-hydrogen) atoms. The second kappa shape index (κ2) is 7.18. The molecule has 1 aromatic heterocycles. The standard InChI is InChI=1S/C19H24ClN3O2/c1-12(2)18-17(19(24)22-10-13(3)25-14(4)11-22)9-21-23(18)16-7-5-6-15(20)8-16/h5-9,12-14H,10-11H2,1-4H3/t13-,14-/m1/s1. The van der Waals surface area contributed by atoms with E-state index in [1.165, 1.54) is 0 Å². The monoisotopic (exact) mass is 361 g/mol. The maximum absolute atomic E-state index is 13.1. The highest BCUT2D eigenvalue weighted by Crippen LogP contribution is 2.26. The molecule has 5 nitrogen and oxygen atoms in total. The number of carbonyl (C=O) groups is 1. The van der Waals surface area contributed by atoms with Crippen LogP contribution in [0.1, 0.15) is 49.7 Å². The average molecular weight is 362 g/mol. The van der Waals surface area contributed by atoms with E-state index in [2.05, 4.69) is 18.9 Å². The molecule has 0 spiro atoms. The second-order valence-electron chi connectivity index (χ2n) is 6.96. The molecule has 2 heterocycles. The molecule has 0 bridgehead atoms. The molecule has 134 valence electrons. The Morgan fingerprint density at radius 1 is 1.28 bits per heavy atom. The largest absolute Gasteiger partial charge is 0.372 e. The number of ether oxygens (including phenoxy) is 1. The first-order valence-electron chi connectivity index (χ1n) is 8.65. The number of halogens is 1. The van der Waals surface area contributed by atoms with E-state index >= 15 is 0 Å². The fourth-order valence-electron chi connectivity index (χ4n) is 3.41. The molecule has 6 heteroatoms. The first-order chi connectivity index (χ1) is 11.9. The van der Waals surface area contributed by atoms with E-state index in [9.17, 15) is 4.79 Å². The number of nitrogens with zero attached hydrogens (tertiary/aromatic N) is 3. The SMILES string of the molecule is CC(C)c1c(C(=O)N2C[C@@H](C)O[C@H](C)C2)cnn1-c1cccc(Cl)c1. The molecule has 1 amide bonds. The summed E-state index contributed by atoms with van der Waals surface area (Å²) in [5.74, 6) is 0.162. The molecule has 0 N–H and O–H groups in total. The number of rotatable bonds is 3. The summed E-state index contributed by atoms with van der Waals surface area (Å²) in [6, 6.07) is 7.51. The van der Waals surface area contributed by atoms with Gasteiger partial charge < -0.3 is 9.64 Å². The molecular weight excluding hydrogens is 338 g/mol. The van der Waals surface area contributed by atoms with Crippen molar-refractivity contribution in [1.82, 2.24) is 14.7 Å². The fraction of sp³-hybridized carbons (Fsp3) is 0.474. The molecule has 2 atom stereocenters. The smallest absolute Gasteiger partial charge is 0.257 e. The fourth-order valence-corrected chi connectivity index (χ4v) is 3.59. The highest BCUT2D eigenvalue weighted by atomic mass is 35.5. The molecule has 1 aromatic carbocycles. The van der Waals surface area contributed by atoms with Gasteiger partial charge in [0, 0.05) is 18.1 Å². The average Bonchev–Trinajstić information content (AvgIpc) is 2.98. The Balaban J connectivity index is 1.98. The third kappa shape index (κ3) is 3.72. The topological polar surface area (TPSA) is 47.4 Å². The van der Waals surface area contributed by atoms with Crippen molar-refractivity contribution in [2.24, 2.45) is 0 Å². The number of hydrogen-bond acceptors (Lipinski definition) is 3. The van der Waals surface area contributed by atoms with Crippen molar-refractivity contribution in [2.45, 2.75) is 45.8 Å². The predicted octanol–water partition coefficient (Wildman–Crippen LogP) is 3.90. The van der Waals surface area contributed by atoms with Crippen molar-refractivity contribution in [3.8, 4) is 5.69 Å². The van der Waals surface area contributed by atoms with Crippen LogP contribution >= 0.6 is 11.6 Å². The van der Waals surface area contributed by atoms with Gasteiger partial charge in [0.2, 0.25) is 0 Å². The van der Waals surface area contributed by atoms with Crippen molar-refractivity contribution in [3.63, 3.8) is 0 Å². The highest BCUT2D eigenvalue weighted by molar-refractivity contribution is 6.30. The summed E-state index contributed by atoms with van der Waals surface area (Å²) in [5.41, 5.74) is 2.41. The summed E-state index contributed by atoms with van der Waals surface area (Å²) in [4.78, 5) is 15.0. The van der Waals surface area contributed by atoms with E-state index in [0.717, 1.165) is 11.4 Å². The normalized spacial score (nSPS) is 21.0. The quantitative estimate of drug-likeness (QED) is 0.833. The van der Waals surface area contributed by atoms with Crippen LogP contribution in [0.3, 0.4) is 0 Å². The minimum atomic E-state index is 0.0129. The maximum Gasteiger partial charge on any atom is 0.257 e. The summed E-state index contributed by atoms with van der Waals surface area (Å²) in [6.45, 7) is 9.33. The van der Waals surface area contributed by atoms with Crippen LogP contribution in [0.2, 0.25) is 5.02 Å². The number of amides is 1. The summed E-state index contributed by atoms with van der Waals surface area (Å²) in [7, 11) is 0. The van der Waals surface area contributed by atoms with Gasteiger partial charge >= 0.3 is 0 Å². The Morgan fingerprint density at radius 3 is 2.56 bits per heavy atom. The van der Waals surface area contributed by atoms with Crippen LogP contribution in [-0.4, -0.2) is 45.9 Å². The van der Waals surface area contributed by atoms with Gasteiger partial charge in [0.05, 0.1) is 35.3 Å². The van der Waals surface area contributed by atoms with Crippen LogP contribution in [0.5, 0.6) is 0 Å². The van der Waals surface area contributed by atoms with Crippen molar-refractivity contribution < 1.29 is 9.53 Å². The Hall–Kier alpha value is -1.85. The van der Waals surface area contributed by atoms with E-state index in [0.29, 0.717) is 23.7 Å². The first kappa shape index (κ1) is 18.0. The van der Waals surface area contributed by atoms with Gasteiger partial charge in [-0.1, -0.05) is 31.5 Å². The molecule has 1 aliphatic heterocycles. The Labute approximate surface area is 153 Å². The summed E-state index contributed by atoms with van der Waals surface area (Å²) >= 11 is 6.12. The molecule has 0 radical (unpaired) electrons. The second-order valence-corrected chi connectivity index (χ2v) is 7.39. The van der Waals surface area contributed by atoms with E-state index in [1.807, 2.05) is 47.7 Å². The van der Waals surface area contributed by atoms with Gasteiger partial charge in [0.1, 0.15) is 0 Å². The Kier molecular flexibility index (Phi) is 5.16. The van der Waals surface area contributed by atoms with Crippen molar-refractivity contribution in [2.75, 3.05) is 13.1 Å². The maximum atomic E-state index is 13.1. The van der Waals surface area contributed by atoms with Crippen molar-refractivity contribution >= 4 is 17.5 Å². The Morgan fingerprint density at radius 2 is 1.96 bits per heavy atom. The number of morpholine rings is 1. The lowest BCUT2D eigenvalue weighted by molar-refractivity contribution is -0.0586. The zero-order valence-corrected chi connectivity index (χ0v) is 15.8. The van der Waals surface area contributed by atoms with Crippen LogP contribution in [0.25, 0.3) is 5.69 Å². The van der Waals surface area contributed by atoms with E-state index < -0.39 is 0 Å². The zero-order chi connectivity index (χ0) is 18.1. The van der Waals surface area contributed by atoms with E-state index in [4.69, 9.17) is 16.3 Å². The van der Waals surface area contributed by atoms with Crippen LogP contribution in [0.4, 0.5) is 0 Å². The van der Waals surface area contributed by atoms with Gasteiger partial charge in [-0.05, 0) is 38.0 Å². The summed E-state index contributed by atoms with van der Waals surface area (Å²) in [6.07, 6.45) is 1.75. The van der Waals surface area contributed by atoms with Gasteiger partial charge in [-0.15, -0.1) is 0 Å². The molecule has 0 aliphatic carbocycles. The molecule has 2 aromatic rings. The van der Waals surface area contributed by atoms with Gasteiger partial charge in [-0.3, -0.25) is 4.79 Å². The molecule has 1 fully saturated rings. The third-order valence-electron chi connectivity index (χ3n) is 4.34. The summed E-state index contributed by atoms with van der Waals surface area (Å²) < 4.78 is 7.55. The summed E-state index contributed by atoms with van der Waals surface area (Å²) in [5, 5.41) is 5.13. The molecule has 3 rings (SSSR count). The lowest BCUT2D eigenvalue weighted by atomic mass is 10.0. The number of hydrogen-bond donors (Lipinski definition) is 0. The highest BCUT2D eigenvalue weighted by Gasteiger charge is 2.30. The zero-order valence-electron chi connectivity index (χ0n) is 15.1. The third-order valence-corrected chi connectivity index (χ3v) is 4.58. The van der Waals surface area contributed by atoms with Crippen molar-refractivity contribution in [1.29, 1.82) is 0 Å². The lowest BCUT2D eigenvalue weighted by Crippen LogP contribution is -2.48. The van der Waals surface area contributed by atoms with E-state index in [1.54, 1.807) is 6.20 Å². The Bertz CT molecular complexity index is 762. The molecular formula is C19H24ClN3O2. The molecule has 0 saturated carbocycles. The van der Waals surface area contributed by atoms with Crippen molar-refractivity contribution in [3.05, 3.63) is 46.7 Å². The molecule has 1 aliphatic rings. The predicted molar refractivity (Wildman–Crippen MR) is 98.6 cm³/mol.